The van der Waals surface area contributed by atoms with Crippen LogP contribution in [0.4, 0.5) is 4.39 Å². The number of fused-ring (bicyclic) bond motifs is 2. The van der Waals surface area contributed by atoms with Crippen molar-refractivity contribution in [2.75, 3.05) is 0 Å². The average molecular weight is 411 g/mol. The fraction of sp³-hybridized carbons (Fsp3) is 0.0476. The molecule has 0 unspecified atom stereocenters. The molecule has 6 rings (SSSR count). The molecule has 0 saturated carbocycles. The minimum atomic E-state index is -0.442. The summed E-state index contributed by atoms with van der Waals surface area (Å²) in [4.78, 5) is 24.6. The summed E-state index contributed by atoms with van der Waals surface area (Å²) in [7, 11) is 0. The smallest absolute Gasteiger partial charge is 0.180 e. The number of pyridine rings is 1. The lowest BCUT2D eigenvalue weighted by molar-refractivity contribution is 0.636. The Morgan fingerprint density at radius 3 is 2.74 bits per heavy atom. The van der Waals surface area contributed by atoms with Crippen LogP contribution < -0.4 is 0 Å². The molecule has 0 radical (unpaired) electrons. The molecular weight excluding hydrogens is 397 g/mol. The lowest BCUT2D eigenvalue weighted by Crippen LogP contribution is -1.92. The zero-order valence-electron chi connectivity index (χ0n) is 16.2. The van der Waals surface area contributed by atoms with Gasteiger partial charge in [-0.05, 0) is 30.7 Å². The number of hydrogen-bond acceptors (Lipinski definition) is 6. The van der Waals surface area contributed by atoms with E-state index in [2.05, 4.69) is 40.1 Å². The van der Waals surface area contributed by atoms with E-state index in [0.717, 1.165) is 16.9 Å². The van der Waals surface area contributed by atoms with Crippen LogP contribution in [0.1, 0.15) is 5.69 Å². The second-order valence-electron chi connectivity index (χ2n) is 7.12. The molecule has 0 atom stereocenters. The molecule has 0 spiro atoms. The minimum absolute atomic E-state index is 0.231. The zero-order valence-corrected chi connectivity index (χ0v) is 16.2. The molecule has 150 valence electrons. The van der Waals surface area contributed by atoms with Crippen molar-refractivity contribution in [3.05, 3.63) is 67.2 Å². The Morgan fingerprint density at radius 2 is 1.94 bits per heavy atom. The van der Waals surface area contributed by atoms with Crippen molar-refractivity contribution in [2.24, 2.45) is 0 Å². The normalized spacial score (nSPS) is 11.5. The van der Waals surface area contributed by atoms with Gasteiger partial charge in [0, 0.05) is 35.7 Å². The number of nitrogens with zero attached hydrogens (tertiary/aromatic N) is 7. The van der Waals surface area contributed by atoms with Crippen LogP contribution in [0.2, 0.25) is 0 Å². The maximum absolute atomic E-state index is 14.8. The van der Waals surface area contributed by atoms with Crippen LogP contribution in [0.25, 0.3) is 50.4 Å². The van der Waals surface area contributed by atoms with E-state index in [0.29, 0.717) is 33.7 Å². The van der Waals surface area contributed by atoms with Crippen LogP contribution in [0.15, 0.2) is 55.6 Å². The number of imidazole rings is 2. The molecule has 0 aliphatic carbocycles. The minimum Gasteiger partial charge on any atom is -0.334 e. The van der Waals surface area contributed by atoms with Gasteiger partial charge in [0.05, 0.1) is 17.7 Å². The van der Waals surface area contributed by atoms with Crippen molar-refractivity contribution >= 4 is 22.1 Å². The maximum Gasteiger partial charge on any atom is 0.180 e. The van der Waals surface area contributed by atoms with Gasteiger partial charge in [-0.25, -0.2) is 29.3 Å². The van der Waals surface area contributed by atoms with Crippen LogP contribution in [-0.2, 0) is 0 Å². The van der Waals surface area contributed by atoms with E-state index in [-0.39, 0.29) is 5.52 Å². The van der Waals surface area contributed by atoms with Crippen LogP contribution in [0.5, 0.6) is 0 Å². The molecule has 0 bridgehead atoms. The third kappa shape index (κ3) is 2.76. The van der Waals surface area contributed by atoms with Gasteiger partial charge >= 0.3 is 0 Å². The quantitative estimate of drug-likeness (QED) is 0.460. The predicted molar refractivity (Wildman–Crippen MR) is 112 cm³/mol. The highest BCUT2D eigenvalue weighted by atomic mass is 19.1. The lowest BCUT2D eigenvalue weighted by Gasteiger charge is -2.02. The molecule has 2 N–H and O–H groups in total. The molecule has 0 aliphatic heterocycles. The second-order valence-corrected chi connectivity index (χ2v) is 7.12. The van der Waals surface area contributed by atoms with E-state index in [4.69, 9.17) is 0 Å². The summed E-state index contributed by atoms with van der Waals surface area (Å²) in [5.41, 5.74) is 5.20. The number of rotatable bonds is 3. The van der Waals surface area contributed by atoms with E-state index >= 15 is 0 Å². The number of aromatic amines is 2. The van der Waals surface area contributed by atoms with Crippen molar-refractivity contribution in [3.63, 3.8) is 0 Å². The highest BCUT2D eigenvalue weighted by molar-refractivity contribution is 5.96. The number of halogens is 1. The Labute approximate surface area is 174 Å². The van der Waals surface area contributed by atoms with Gasteiger partial charge < -0.3 is 9.55 Å². The first-order valence-corrected chi connectivity index (χ1v) is 9.46. The van der Waals surface area contributed by atoms with Gasteiger partial charge in [-0.2, -0.15) is 5.10 Å². The van der Waals surface area contributed by atoms with Crippen molar-refractivity contribution in [1.29, 1.82) is 0 Å². The lowest BCUT2D eigenvalue weighted by atomic mass is 10.1. The van der Waals surface area contributed by atoms with Crippen molar-refractivity contribution in [3.8, 4) is 28.3 Å². The second kappa shape index (κ2) is 6.52. The Balaban J connectivity index is 1.55. The molecule has 0 fully saturated rings. The molecule has 0 aliphatic rings. The first-order valence-electron chi connectivity index (χ1n) is 9.46. The number of hydrogen-bond donors (Lipinski definition) is 2. The van der Waals surface area contributed by atoms with E-state index in [9.17, 15) is 4.39 Å². The fourth-order valence-corrected chi connectivity index (χ4v) is 3.66. The average Bonchev–Trinajstić information content (AvgIpc) is 3.51. The molecule has 6 aromatic rings. The number of aromatic nitrogens is 9. The Kier molecular flexibility index (Phi) is 3.66. The third-order valence-corrected chi connectivity index (χ3v) is 5.10. The van der Waals surface area contributed by atoms with Gasteiger partial charge in [-0.1, -0.05) is 0 Å². The van der Waals surface area contributed by atoms with Gasteiger partial charge in [0.2, 0.25) is 0 Å². The highest BCUT2D eigenvalue weighted by Gasteiger charge is 2.18. The number of H-pyrrole nitrogens is 2. The van der Waals surface area contributed by atoms with Gasteiger partial charge in [-0.15, -0.1) is 0 Å². The van der Waals surface area contributed by atoms with Crippen molar-refractivity contribution in [1.82, 2.24) is 44.7 Å². The summed E-state index contributed by atoms with van der Waals surface area (Å²) in [6, 6.07) is 5.14. The summed E-state index contributed by atoms with van der Waals surface area (Å²) in [6.07, 6.45) is 10.1. The largest absolute Gasteiger partial charge is 0.334 e. The molecule has 0 saturated heterocycles. The van der Waals surface area contributed by atoms with Gasteiger partial charge in [0.25, 0.3) is 0 Å². The van der Waals surface area contributed by atoms with Crippen LogP contribution >= 0.6 is 0 Å². The summed E-state index contributed by atoms with van der Waals surface area (Å²) < 4.78 is 16.7. The Bertz CT molecular complexity index is 1560. The van der Waals surface area contributed by atoms with E-state index in [1.54, 1.807) is 24.9 Å². The summed E-state index contributed by atoms with van der Waals surface area (Å²) in [5, 5.41) is 7.66. The van der Waals surface area contributed by atoms with Crippen LogP contribution in [-0.4, -0.2) is 44.7 Å². The molecule has 10 heteroatoms. The van der Waals surface area contributed by atoms with Gasteiger partial charge in [0.1, 0.15) is 23.1 Å². The fourth-order valence-electron chi connectivity index (χ4n) is 3.66. The van der Waals surface area contributed by atoms with Crippen LogP contribution in [0, 0.1) is 12.7 Å². The van der Waals surface area contributed by atoms with E-state index in [1.807, 2.05) is 29.8 Å². The monoisotopic (exact) mass is 411 g/mol. The summed E-state index contributed by atoms with van der Waals surface area (Å²) >= 11 is 0. The van der Waals surface area contributed by atoms with Crippen molar-refractivity contribution in [2.45, 2.75) is 6.92 Å². The first-order chi connectivity index (χ1) is 15.2. The predicted octanol–water partition coefficient (Wildman–Crippen LogP) is 3.59. The molecular formula is C21H14FN9. The number of nitrogens with one attached hydrogen (secondary N) is 2. The summed E-state index contributed by atoms with van der Waals surface area (Å²) in [6.45, 7) is 1.92. The Morgan fingerprint density at radius 1 is 1.06 bits per heavy atom. The molecule has 1 aromatic carbocycles. The topological polar surface area (TPSA) is 114 Å². The van der Waals surface area contributed by atoms with Gasteiger partial charge in [-0.3, -0.25) is 5.10 Å². The standard InChI is InChI=1S/C21H14FN9/c1-11-8-31(10-26-11)16-2-3-25-20-19(16)27-21(28-20)18-14-4-12(13-6-23-9-24-7-13)5-15(22)17(14)29-30-18/h2-10H,1H3,(H,29,30)(H,25,27,28). The van der Waals surface area contributed by atoms with E-state index in [1.165, 1.54) is 12.4 Å². The molecule has 9 nitrogen and oxygen atoms in total. The van der Waals surface area contributed by atoms with E-state index < -0.39 is 5.82 Å². The SMILES string of the molecule is Cc1cn(-c2ccnc3nc(-c4[nH]nc5c(F)cc(-c6cncnc6)cc45)[nH]c23)cn1. The molecule has 5 heterocycles. The number of aryl methyl sites for hydroxylation is 1. The zero-order chi connectivity index (χ0) is 20.9. The first kappa shape index (κ1) is 17.4. The summed E-state index contributed by atoms with van der Waals surface area (Å²) in [5.74, 6) is 0.0674. The van der Waals surface area contributed by atoms with Gasteiger partial charge in [0.15, 0.2) is 17.3 Å². The Hall–Kier alpha value is -4.47. The molecule has 0 amide bonds. The molecule has 5 aromatic heterocycles. The molecule has 31 heavy (non-hydrogen) atoms. The number of benzene rings is 1. The van der Waals surface area contributed by atoms with Crippen LogP contribution in [0.3, 0.4) is 0 Å². The van der Waals surface area contributed by atoms with Crippen molar-refractivity contribution < 1.29 is 4.39 Å². The maximum atomic E-state index is 14.8. The third-order valence-electron chi connectivity index (χ3n) is 5.10. The highest BCUT2D eigenvalue weighted by Crippen LogP contribution is 2.32.